The average Bonchev–Trinajstić information content (AvgIpc) is 2.52. The molecule has 0 saturated carbocycles. The number of pyridine rings is 1. The maximum Gasteiger partial charge on any atom is 0.253 e. The van der Waals surface area contributed by atoms with Crippen LogP contribution in [0.25, 0.3) is 11.1 Å². The van der Waals surface area contributed by atoms with Crippen molar-refractivity contribution in [2.75, 3.05) is 14.2 Å². The van der Waals surface area contributed by atoms with E-state index in [2.05, 4.69) is 18.0 Å². The van der Waals surface area contributed by atoms with Gasteiger partial charge in [0.25, 0.3) is 5.56 Å². The van der Waals surface area contributed by atoms with E-state index in [0.29, 0.717) is 0 Å². The van der Waals surface area contributed by atoms with E-state index < -0.39 is 0 Å². The summed E-state index contributed by atoms with van der Waals surface area (Å²) in [6.07, 6.45) is 4.57. The summed E-state index contributed by atoms with van der Waals surface area (Å²) in [5.74, 6) is 0.798. The molecule has 1 heterocycles. The highest BCUT2D eigenvalue weighted by Crippen LogP contribution is 2.30. The fourth-order valence-electron chi connectivity index (χ4n) is 2.62. The van der Waals surface area contributed by atoms with Gasteiger partial charge in [0.15, 0.2) is 0 Å². The van der Waals surface area contributed by atoms with Crippen LogP contribution in [0.5, 0.6) is 5.75 Å². The van der Waals surface area contributed by atoms with Crippen molar-refractivity contribution < 1.29 is 4.74 Å². The second-order valence-corrected chi connectivity index (χ2v) is 5.32. The lowest BCUT2D eigenvalue weighted by molar-refractivity contribution is 0.414. The van der Waals surface area contributed by atoms with Crippen LogP contribution in [0, 0.1) is 6.92 Å². The normalized spacial score (nSPS) is 11.1. The predicted octanol–water partition coefficient (Wildman–Crippen LogP) is 2.98. The highest BCUT2D eigenvalue weighted by Gasteiger charge is 2.11. The van der Waals surface area contributed by atoms with Crippen LogP contribution in [0.1, 0.15) is 23.6 Å². The lowest BCUT2D eigenvalue weighted by atomic mass is 9.97. The van der Waals surface area contributed by atoms with Gasteiger partial charge in [-0.05, 0) is 42.2 Å². The van der Waals surface area contributed by atoms with Crippen molar-refractivity contribution in [2.24, 2.45) is 12.0 Å². The first-order chi connectivity index (χ1) is 10.5. The van der Waals surface area contributed by atoms with Crippen molar-refractivity contribution >= 4 is 6.21 Å². The van der Waals surface area contributed by atoms with Crippen LogP contribution in [-0.2, 0) is 13.5 Å². The second kappa shape index (κ2) is 6.60. The number of aryl methyl sites for hydroxylation is 3. The van der Waals surface area contributed by atoms with Gasteiger partial charge >= 0.3 is 0 Å². The van der Waals surface area contributed by atoms with Crippen molar-refractivity contribution in [3.8, 4) is 16.9 Å². The van der Waals surface area contributed by atoms with E-state index in [-0.39, 0.29) is 5.56 Å². The molecule has 4 nitrogen and oxygen atoms in total. The maximum atomic E-state index is 11.9. The zero-order valence-corrected chi connectivity index (χ0v) is 13.8. The molecular weight excluding hydrogens is 276 g/mol. The summed E-state index contributed by atoms with van der Waals surface area (Å²) in [6, 6.07) is 6.05. The van der Waals surface area contributed by atoms with Gasteiger partial charge in [0.05, 0.1) is 7.11 Å². The third-order valence-corrected chi connectivity index (χ3v) is 3.78. The lowest BCUT2D eigenvalue weighted by Gasteiger charge is -2.14. The number of aromatic nitrogens is 1. The third-order valence-electron chi connectivity index (χ3n) is 3.78. The van der Waals surface area contributed by atoms with Crippen LogP contribution in [-0.4, -0.2) is 24.9 Å². The summed E-state index contributed by atoms with van der Waals surface area (Å²) in [4.78, 5) is 16.0. The molecule has 0 bridgehead atoms. The molecular formula is C18H22N2O2. The minimum Gasteiger partial charge on any atom is -0.496 e. The SMILES string of the molecule is CCc1cc(-c2cc(C)c(=O)n(C)c2)cc(OC)c1C=NC. The molecule has 1 aromatic heterocycles. The lowest BCUT2D eigenvalue weighted by Crippen LogP contribution is -2.18. The highest BCUT2D eigenvalue weighted by molar-refractivity contribution is 5.87. The molecule has 2 aromatic rings. The summed E-state index contributed by atoms with van der Waals surface area (Å²) >= 11 is 0. The van der Waals surface area contributed by atoms with Crippen LogP contribution in [0.3, 0.4) is 0 Å². The molecule has 0 radical (unpaired) electrons. The first kappa shape index (κ1) is 16.0. The fraction of sp³-hybridized carbons (Fsp3) is 0.333. The first-order valence-electron chi connectivity index (χ1n) is 7.32. The standard InChI is InChI=1S/C18H22N2O2/c1-6-13-8-14(9-17(22-5)16(13)10-19-3)15-7-12(2)18(21)20(4)11-15/h7-11H,6H2,1-5H3. The number of methoxy groups -OCH3 is 1. The molecule has 0 amide bonds. The van der Waals surface area contributed by atoms with Crippen molar-refractivity contribution in [3.05, 3.63) is 51.4 Å². The molecule has 0 fully saturated rings. The minimum atomic E-state index is 0.0289. The van der Waals surface area contributed by atoms with Gasteiger partial charge in [0.1, 0.15) is 5.75 Å². The largest absolute Gasteiger partial charge is 0.496 e. The smallest absolute Gasteiger partial charge is 0.253 e. The number of hydrogen-bond acceptors (Lipinski definition) is 3. The number of hydrogen-bond donors (Lipinski definition) is 0. The monoisotopic (exact) mass is 298 g/mol. The Morgan fingerprint density at radius 1 is 1.27 bits per heavy atom. The Hall–Kier alpha value is -2.36. The number of nitrogens with zero attached hydrogens (tertiary/aromatic N) is 2. The third kappa shape index (κ3) is 2.96. The number of benzene rings is 1. The predicted molar refractivity (Wildman–Crippen MR) is 91.3 cm³/mol. The Kier molecular flexibility index (Phi) is 4.81. The zero-order valence-electron chi connectivity index (χ0n) is 13.8. The van der Waals surface area contributed by atoms with E-state index in [9.17, 15) is 4.79 Å². The summed E-state index contributed by atoms with van der Waals surface area (Å²) in [5, 5.41) is 0. The first-order valence-corrected chi connectivity index (χ1v) is 7.32. The van der Waals surface area contributed by atoms with Gasteiger partial charge in [-0.3, -0.25) is 9.79 Å². The van der Waals surface area contributed by atoms with Gasteiger partial charge in [-0.2, -0.15) is 0 Å². The van der Waals surface area contributed by atoms with Gasteiger partial charge in [-0.25, -0.2) is 0 Å². The van der Waals surface area contributed by atoms with Gasteiger partial charge in [-0.15, -0.1) is 0 Å². The molecule has 0 atom stereocenters. The van der Waals surface area contributed by atoms with Crippen molar-refractivity contribution in [3.63, 3.8) is 0 Å². The Morgan fingerprint density at radius 2 is 2.00 bits per heavy atom. The Bertz CT molecular complexity index is 722. The van der Waals surface area contributed by atoms with Crippen LogP contribution in [0.2, 0.25) is 0 Å². The minimum absolute atomic E-state index is 0.0289. The van der Waals surface area contributed by atoms with Gasteiger partial charge in [0.2, 0.25) is 0 Å². The Labute approximate surface area is 131 Å². The van der Waals surface area contributed by atoms with Crippen LogP contribution in [0.15, 0.2) is 34.2 Å². The molecule has 22 heavy (non-hydrogen) atoms. The molecule has 1 aromatic carbocycles. The molecule has 0 aliphatic heterocycles. The summed E-state index contributed by atoms with van der Waals surface area (Å²) in [5.41, 5.74) is 5.00. The molecule has 2 rings (SSSR count). The molecule has 0 unspecified atom stereocenters. The highest BCUT2D eigenvalue weighted by atomic mass is 16.5. The molecule has 0 aliphatic carbocycles. The van der Waals surface area contributed by atoms with E-state index in [0.717, 1.165) is 34.4 Å². The van der Waals surface area contributed by atoms with Crippen LogP contribution in [0.4, 0.5) is 0 Å². The van der Waals surface area contributed by atoms with Crippen molar-refractivity contribution in [2.45, 2.75) is 20.3 Å². The van der Waals surface area contributed by atoms with Crippen LogP contribution < -0.4 is 10.3 Å². The maximum absolute atomic E-state index is 11.9. The topological polar surface area (TPSA) is 43.6 Å². The van der Waals surface area contributed by atoms with Gasteiger partial charge in [-0.1, -0.05) is 13.0 Å². The van der Waals surface area contributed by atoms with E-state index >= 15 is 0 Å². The van der Waals surface area contributed by atoms with Crippen LogP contribution >= 0.6 is 0 Å². The van der Waals surface area contributed by atoms with Crippen molar-refractivity contribution in [1.82, 2.24) is 4.57 Å². The van der Waals surface area contributed by atoms with E-state index in [4.69, 9.17) is 4.74 Å². The Balaban J connectivity index is 2.69. The Morgan fingerprint density at radius 3 is 2.55 bits per heavy atom. The molecule has 0 N–H and O–H groups in total. The summed E-state index contributed by atoms with van der Waals surface area (Å²) in [6.45, 7) is 3.94. The van der Waals surface area contributed by atoms with E-state index in [1.54, 1.807) is 25.8 Å². The average molecular weight is 298 g/mol. The molecule has 0 aliphatic rings. The van der Waals surface area contributed by atoms with Crippen molar-refractivity contribution in [1.29, 1.82) is 0 Å². The fourth-order valence-corrected chi connectivity index (χ4v) is 2.62. The summed E-state index contributed by atoms with van der Waals surface area (Å²) in [7, 11) is 5.19. The van der Waals surface area contributed by atoms with Gasteiger partial charge < -0.3 is 9.30 Å². The summed E-state index contributed by atoms with van der Waals surface area (Å²) < 4.78 is 7.14. The molecule has 116 valence electrons. The van der Waals surface area contributed by atoms with Gasteiger partial charge in [0, 0.05) is 37.6 Å². The molecule has 0 saturated heterocycles. The molecule has 4 heteroatoms. The quantitative estimate of drug-likeness (QED) is 0.814. The number of rotatable bonds is 4. The van der Waals surface area contributed by atoms with E-state index in [1.807, 2.05) is 31.5 Å². The molecule has 0 spiro atoms. The number of ether oxygens (including phenoxy) is 1. The second-order valence-electron chi connectivity index (χ2n) is 5.32. The van der Waals surface area contributed by atoms with E-state index in [1.165, 1.54) is 5.56 Å². The number of aliphatic imine (C=N–C) groups is 1. The zero-order chi connectivity index (χ0) is 16.3.